The van der Waals surface area contributed by atoms with Crippen molar-refractivity contribution in [3.8, 4) is 0 Å². The van der Waals surface area contributed by atoms with E-state index in [0.29, 0.717) is 23.0 Å². The molecule has 104 valence electrons. The van der Waals surface area contributed by atoms with Crippen LogP contribution in [0.3, 0.4) is 0 Å². The summed E-state index contributed by atoms with van der Waals surface area (Å²) in [6.07, 6.45) is 4.50. The van der Waals surface area contributed by atoms with Crippen LogP contribution in [-0.4, -0.2) is 18.5 Å². The van der Waals surface area contributed by atoms with Crippen LogP contribution in [-0.2, 0) is 0 Å². The lowest BCUT2D eigenvalue weighted by atomic mass is 9.84. The minimum Gasteiger partial charge on any atom is -0.349 e. The standard InChI is InChI=1S/C15H21ClN2O/c1-10-6-12(8-13(16)7-10)15(19)18-14-5-3-2-4-11(14)9-17/h6-8,11,14H,2-5,9,17H2,1H3,(H,18,19). The maximum absolute atomic E-state index is 12.3. The van der Waals surface area contributed by atoms with Crippen molar-refractivity contribution in [3.63, 3.8) is 0 Å². The summed E-state index contributed by atoms with van der Waals surface area (Å²) in [5, 5.41) is 3.71. The monoisotopic (exact) mass is 280 g/mol. The van der Waals surface area contributed by atoms with Crippen LogP contribution in [0.15, 0.2) is 18.2 Å². The second-order valence-electron chi connectivity index (χ2n) is 5.38. The Labute approximate surface area is 119 Å². The predicted octanol–water partition coefficient (Wildman–Crippen LogP) is 2.90. The van der Waals surface area contributed by atoms with Crippen LogP contribution in [0.25, 0.3) is 0 Å². The molecule has 2 rings (SSSR count). The number of benzene rings is 1. The van der Waals surface area contributed by atoms with Gasteiger partial charge in [0.25, 0.3) is 5.91 Å². The van der Waals surface area contributed by atoms with Gasteiger partial charge in [0.05, 0.1) is 0 Å². The lowest BCUT2D eigenvalue weighted by Gasteiger charge is -2.31. The van der Waals surface area contributed by atoms with E-state index in [1.807, 2.05) is 19.1 Å². The number of nitrogens with one attached hydrogen (secondary N) is 1. The van der Waals surface area contributed by atoms with Gasteiger partial charge in [0, 0.05) is 16.6 Å². The van der Waals surface area contributed by atoms with Gasteiger partial charge in [0.15, 0.2) is 0 Å². The van der Waals surface area contributed by atoms with E-state index in [4.69, 9.17) is 17.3 Å². The summed E-state index contributed by atoms with van der Waals surface area (Å²) in [6, 6.07) is 5.62. The van der Waals surface area contributed by atoms with E-state index < -0.39 is 0 Å². The van der Waals surface area contributed by atoms with Gasteiger partial charge in [-0.15, -0.1) is 0 Å². The number of amides is 1. The molecule has 1 aromatic carbocycles. The Balaban J connectivity index is 2.07. The van der Waals surface area contributed by atoms with E-state index in [2.05, 4.69) is 5.32 Å². The zero-order chi connectivity index (χ0) is 13.8. The lowest BCUT2D eigenvalue weighted by Crippen LogP contribution is -2.44. The van der Waals surface area contributed by atoms with Gasteiger partial charge in [-0.05, 0) is 56.0 Å². The van der Waals surface area contributed by atoms with Gasteiger partial charge >= 0.3 is 0 Å². The number of hydrogen-bond acceptors (Lipinski definition) is 2. The number of carbonyl (C=O) groups is 1. The molecule has 0 aliphatic heterocycles. The van der Waals surface area contributed by atoms with Crippen molar-refractivity contribution in [1.82, 2.24) is 5.32 Å². The number of halogens is 1. The average molecular weight is 281 g/mol. The van der Waals surface area contributed by atoms with Crippen LogP contribution in [0.2, 0.25) is 5.02 Å². The third kappa shape index (κ3) is 3.71. The van der Waals surface area contributed by atoms with Crippen LogP contribution < -0.4 is 11.1 Å². The molecule has 4 heteroatoms. The summed E-state index contributed by atoms with van der Waals surface area (Å²) in [6.45, 7) is 2.57. The zero-order valence-corrected chi connectivity index (χ0v) is 12.0. The highest BCUT2D eigenvalue weighted by Crippen LogP contribution is 2.24. The molecule has 1 amide bonds. The summed E-state index contributed by atoms with van der Waals surface area (Å²) in [5.74, 6) is 0.355. The number of nitrogens with two attached hydrogens (primary N) is 1. The van der Waals surface area contributed by atoms with Gasteiger partial charge in [0.1, 0.15) is 0 Å². The third-order valence-corrected chi connectivity index (χ3v) is 4.05. The second-order valence-corrected chi connectivity index (χ2v) is 5.81. The van der Waals surface area contributed by atoms with E-state index in [1.54, 1.807) is 6.07 Å². The fourth-order valence-electron chi connectivity index (χ4n) is 2.80. The van der Waals surface area contributed by atoms with Crippen molar-refractivity contribution < 1.29 is 4.79 Å². The molecule has 0 bridgehead atoms. The van der Waals surface area contributed by atoms with Crippen LogP contribution in [0.5, 0.6) is 0 Å². The molecule has 2 atom stereocenters. The summed E-state index contributed by atoms with van der Waals surface area (Å²) < 4.78 is 0. The fourth-order valence-corrected chi connectivity index (χ4v) is 3.09. The summed E-state index contributed by atoms with van der Waals surface area (Å²) >= 11 is 5.99. The zero-order valence-electron chi connectivity index (χ0n) is 11.3. The fraction of sp³-hybridized carbons (Fsp3) is 0.533. The first-order chi connectivity index (χ1) is 9.10. The van der Waals surface area contributed by atoms with Gasteiger partial charge in [-0.25, -0.2) is 0 Å². The first-order valence-corrected chi connectivity index (χ1v) is 7.26. The van der Waals surface area contributed by atoms with Crippen molar-refractivity contribution in [1.29, 1.82) is 0 Å². The number of rotatable bonds is 3. The molecule has 3 nitrogen and oxygen atoms in total. The van der Waals surface area contributed by atoms with Crippen molar-refractivity contribution >= 4 is 17.5 Å². The molecule has 3 N–H and O–H groups in total. The Morgan fingerprint density at radius 3 is 2.79 bits per heavy atom. The minimum absolute atomic E-state index is 0.0454. The normalized spacial score (nSPS) is 23.1. The Morgan fingerprint density at radius 1 is 1.37 bits per heavy atom. The van der Waals surface area contributed by atoms with Crippen molar-refractivity contribution in [2.75, 3.05) is 6.54 Å². The molecule has 1 fully saturated rings. The number of aryl methyl sites for hydroxylation is 1. The van der Waals surface area contributed by atoms with Gasteiger partial charge in [-0.2, -0.15) is 0 Å². The summed E-state index contributed by atoms with van der Waals surface area (Å²) in [7, 11) is 0. The van der Waals surface area contributed by atoms with Crippen LogP contribution in [0, 0.1) is 12.8 Å². The van der Waals surface area contributed by atoms with Crippen molar-refractivity contribution in [3.05, 3.63) is 34.3 Å². The molecule has 1 saturated carbocycles. The molecule has 1 aliphatic rings. The van der Waals surface area contributed by atoms with E-state index in [-0.39, 0.29) is 11.9 Å². The maximum atomic E-state index is 12.3. The van der Waals surface area contributed by atoms with Crippen LogP contribution >= 0.6 is 11.6 Å². The van der Waals surface area contributed by atoms with Gasteiger partial charge in [-0.3, -0.25) is 4.79 Å². The number of hydrogen-bond donors (Lipinski definition) is 2. The highest BCUT2D eigenvalue weighted by Gasteiger charge is 2.25. The summed E-state index contributed by atoms with van der Waals surface area (Å²) in [5.41, 5.74) is 7.41. The molecule has 2 unspecified atom stereocenters. The number of carbonyl (C=O) groups excluding carboxylic acids is 1. The van der Waals surface area contributed by atoms with E-state index in [0.717, 1.165) is 24.8 Å². The quantitative estimate of drug-likeness (QED) is 0.894. The van der Waals surface area contributed by atoms with Crippen molar-refractivity contribution in [2.45, 2.75) is 38.6 Å². The Hall–Kier alpha value is -1.06. The lowest BCUT2D eigenvalue weighted by molar-refractivity contribution is 0.0908. The molecular formula is C15H21ClN2O. The topological polar surface area (TPSA) is 55.1 Å². The predicted molar refractivity (Wildman–Crippen MR) is 78.5 cm³/mol. The molecule has 0 aromatic heterocycles. The largest absolute Gasteiger partial charge is 0.349 e. The van der Waals surface area contributed by atoms with E-state index in [9.17, 15) is 4.79 Å². The molecule has 19 heavy (non-hydrogen) atoms. The average Bonchev–Trinajstić information content (AvgIpc) is 2.38. The first kappa shape index (κ1) is 14.4. The highest BCUT2D eigenvalue weighted by molar-refractivity contribution is 6.31. The second kappa shape index (κ2) is 6.40. The Kier molecular flexibility index (Phi) is 4.83. The molecule has 1 aliphatic carbocycles. The molecule has 0 saturated heterocycles. The smallest absolute Gasteiger partial charge is 0.251 e. The molecule has 0 heterocycles. The first-order valence-electron chi connectivity index (χ1n) is 6.88. The summed E-state index contributed by atoms with van der Waals surface area (Å²) in [4.78, 5) is 12.3. The Morgan fingerprint density at radius 2 is 2.11 bits per heavy atom. The third-order valence-electron chi connectivity index (χ3n) is 3.83. The van der Waals surface area contributed by atoms with Crippen LogP contribution in [0.1, 0.15) is 41.6 Å². The van der Waals surface area contributed by atoms with E-state index >= 15 is 0 Å². The molecule has 0 spiro atoms. The molecule has 0 radical (unpaired) electrons. The molecular weight excluding hydrogens is 260 g/mol. The van der Waals surface area contributed by atoms with E-state index in [1.165, 1.54) is 6.42 Å². The van der Waals surface area contributed by atoms with Gasteiger partial charge < -0.3 is 11.1 Å². The highest BCUT2D eigenvalue weighted by atomic mass is 35.5. The SMILES string of the molecule is Cc1cc(Cl)cc(C(=O)NC2CCCCC2CN)c1. The Bertz CT molecular complexity index is 441. The van der Waals surface area contributed by atoms with Crippen molar-refractivity contribution in [2.24, 2.45) is 11.7 Å². The van der Waals surface area contributed by atoms with Crippen LogP contribution in [0.4, 0.5) is 0 Å². The van der Waals surface area contributed by atoms with Gasteiger partial charge in [0.2, 0.25) is 0 Å². The maximum Gasteiger partial charge on any atom is 0.251 e. The minimum atomic E-state index is -0.0454. The van der Waals surface area contributed by atoms with Gasteiger partial charge in [-0.1, -0.05) is 24.4 Å². The molecule has 1 aromatic rings.